The monoisotopic (exact) mass is 173 g/mol. The largest absolute Gasteiger partial charge is 0.224 e. The molecular formula is C11H13N2+. The number of quaternary nitrogens is 1. The molecule has 1 heterocycles. The smallest absolute Gasteiger partial charge is 0.199 e. The first-order valence-corrected chi connectivity index (χ1v) is 4.36. The first kappa shape index (κ1) is 8.20. The van der Waals surface area contributed by atoms with Gasteiger partial charge in [-0.3, -0.25) is 0 Å². The van der Waals surface area contributed by atoms with Crippen LogP contribution in [0.2, 0.25) is 0 Å². The van der Waals surface area contributed by atoms with Gasteiger partial charge in [-0.15, -0.1) is 0 Å². The molecule has 1 aliphatic rings. The Bertz CT molecular complexity index is 348. The van der Waals surface area contributed by atoms with E-state index in [1.54, 1.807) is 0 Å². The lowest BCUT2D eigenvalue weighted by Gasteiger charge is -2.20. The van der Waals surface area contributed by atoms with Gasteiger partial charge < -0.3 is 0 Å². The van der Waals surface area contributed by atoms with Crippen molar-refractivity contribution in [3.63, 3.8) is 0 Å². The Kier molecular flexibility index (Phi) is 1.78. The third kappa shape index (κ3) is 1.40. The van der Waals surface area contributed by atoms with E-state index in [9.17, 15) is 0 Å². The second kappa shape index (κ2) is 2.82. The highest BCUT2D eigenvalue weighted by molar-refractivity contribution is 5.77. The minimum absolute atomic E-state index is 0.667. The van der Waals surface area contributed by atoms with E-state index in [4.69, 9.17) is 0 Å². The fourth-order valence-corrected chi connectivity index (χ4v) is 1.41. The van der Waals surface area contributed by atoms with E-state index < -0.39 is 0 Å². The molecule has 1 aliphatic heterocycles. The summed E-state index contributed by atoms with van der Waals surface area (Å²) in [6.45, 7) is 2.09. The molecule has 66 valence electrons. The molecule has 2 rings (SSSR count). The quantitative estimate of drug-likeness (QED) is 0.578. The molecule has 1 aromatic rings. The summed E-state index contributed by atoms with van der Waals surface area (Å²) in [6, 6.07) is 8.52. The van der Waals surface area contributed by atoms with Crippen LogP contribution in [-0.4, -0.2) is 13.4 Å². The third-order valence-electron chi connectivity index (χ3n) is 2.36. The van der Waals surface area contributed by atoms with E-state index in [2.05, 4.69) is 49.4 Å². The highest BCUT2D eigenvalue weighted by atomic mass is 15.4. The van der Waals surface area contributed by atoms with Crippen molar-refractivity contribution in [2.24, 2.45) is 4.99 Å². The first-order valence-electron chi connectivity index (χ1n) is 4.36. The van der Waals surface area contributed by atoms with Crippen LogP contribution in [0, 0.1) is 6.92 Å². The van der Waals surface area contributed by atoms with Crippen molar-refractivity contribution in [3.05, 3.63) is 42.2 Å². The molecule has 1 atom stereocenters. The van der Waals surface area contributed by atoms with E-state index in [1.165, 1.54) is 11.3 Å². The molecule has 1 unspecified atom stereocenters. The molecule has 0 saturated heterocycles. The Morgan fingerprint density at radius 3 is 2.38 bits per heavy atom. The van der Waals surface area contributed by atoms with Crippen molar-refractivity contribution in [1.82, 2.24) is 4.48 Å². The van der Waals surface area contributed by atoms with Crippen LogP contribution in [0.15, 0.2) is 41.7 Å². The standard InChI is InChI=1S/C11H13N2/c1-10-3-5-11(6-4-10)13(2)8-7-12-9-13/h3-9H,1-2H3/q+1. The van der Waals surface area contributed by atoms with Crippen LogP contribution in [0.5, 0.6) is 0 Å². The average Bonchev–Trinajstić information content (AvgIpc) is 2.54. The summed E-state index contributed by atoms with van der Waals surface area (Å²) >= 11 is 0. The molecule has 0 radical (unpaired) electrons. The predicted octanol–water partition coefficient (Wildman–Crippen LogP) is 2.45. The van der Waals surface area contributed by atoms with Crippen LogP contribution < -0.4 is 4.48 Å². The Balaban J connectivity index is 2.41. The number of hydrogen-bond donors (Lipinski definition) is 0. The lowest BCUT2D eigenvalue weighted by atomic mass is 10.2. The number of hydrogen-bond acceptors (Lipinski definition) is 1. The molecular weight excluding hydrogens is 160 g/mol. The van der Waals surface area contributed by atoms with Gasteiger partial charge in [-0.2, -0.15) is 0 Å². The molecule has 0 aliphatic carbocycles. The van der Waals surface area contributed by atoms with E-state index in [1.807, 2.05) is 12.5 Å². The Labute approximate surface area is 78.4 Å². The second-order valence-corrected chi connectivity index (χ2v) is 3.55. The van der Waals surface area contributed by atoms with Crippen molar-refractivity contribution in [2.75, 3.05) is 7.05 Å². The van der Waals surface area contributed by atoms with E-state index in [-0.39, 0.29) is 0 Å². The molecule has 2 heteroatoms. The zero-order valence-corrected chi connectivity index (χ0v) is 7.94. The van der Waals surface area contributed by atoms with Gasteiger partial charge in [0.15, 0.2) is 6.34 Å². The van der Waals surface area contributed by atoms with Gasteiger partial charge in [0.1, 0.15) is 11.9 Å². The van der Waals surface area contributed by atoms with E-state index in [0.29, 0.717) is 4.48 Å². The van der Waals surface area contributed by atoms with Crippen molar-refractivity contribution in [1.29, 1.82) is 0 Å². The minimum atomic E-state index is 0.667. The third-order valence-corrected chi connectivity index (χ3v) is 2.36. The first-order chi connectivity index (χ1) is 6.21. The summed E-state index contributed by atoms with van der Waals surface area (Å²) < 4.78 is 0.667. The van der Waals surface area contributed by atoms with Gasteiger partial charge in [0, 0.05) is 12.1 Å². The summed E-state index contributed by atoms with van der Waals surface area (Å²) in [7, 11) is 2.11. The Hall–Kier alpha value is -1.41. The van der Waals surface area contributed by atoms with Crippen molar-refractivity contribution in [2.45, 2.75) is 6.92 Å². The number of aliphatic imine (C=N–C) groups is 1. The van der Waals surface area contributed by atoms with Crippen LogP contribution in [0.25, 0.3) is 0 Å². The van der Waals surface area contributed by atoms with Crippen LogP contribution in [-0.2, 0) is 0 Å². The topological polar surface area (TPSA) is 12.4 Å². The van der Waals surface area contributed by atoms with Gasteiger partial charge in [0.2, 0.25) is 0 Å². The van der Waals surface area contributed by atoms with Gasteiger partial charge in [-0.25, -0.2) is 9.48 Å². The highest BCUT2D eigenvalue weighted by Gasteiger charge is 2.22. The van der Waals surface area contributed by atoms with E-state index in [0.717, 1.165) is 0 Å². The fraction of sp³-hybridized carbons (Fsp3) is 0.182. The SMILES string of the molecule is Cc1ccc([N+]2(C)C=CN=C2)cc1. The Morgan fingerprint density at radius 1 is 1.15 bits per heavy atom. The normalized spacial score (nSPS) is 25.4. The summed E-state index contributed by atoms with van der Waals surface area (Å²) in [5.74, 6) is 0. The molecule has 0 amide bonds. The van der Waals surface area contributed by atoms with Gasteiger partial charge in [-0.05, 0) is 6.92 Å². The number of rotatable bonds is 1. The van der Waals surface area contributed by atoms with Gasteiger partial charge in [0.05, 0.1) is 13.2 Å². The number of benzene rings is 1. The zero-order valence-electron chi connectivity index (χ0n) is 7.94. The number of nitrogens with zero attached hydrogens (tertiary/aromatic N) is 2. The molecule has 0 N–H and O–H groups in total. The van der Waals surface area contributed by atoms with Crippen LogP contribution in [0.4, 0.5) is 5.69 Å². The highest BCUT2D eigenvalue weighted by Crippen LogP contribution is 2.22. The predicted molar refractivity (Wildman–Crippen MR) is 56.5 cm³/mol. The summed E-state index contributed by atoms with van der Waals surface area (Å²) in [5.41, 5.74) is 2.53. The van der Waals surface area contributed by atoms with Crippen LogP contribution >= 0.6 is 0 Å². The van der Waals surface area contributed by atoms with Crippen LogP contribution in [0.3, 0.4) is 0 Å². The summed E-state index contributed by atoms with van der Waals surface area (Å²) in [4.78, 5) is 4.10. The van der Waals surface area contributed by atoms with Gasteiger partial charge >= 0.3 is 0 Å². The van der Waals surface area contributed by atoms with Crippen LogP contribution in [0.1, 0.15) is 5.56 Å². The van der Waals surface area contributed by atoms with Crippen molar-refractivity contribution >= 4 is 12.0 Å². The molecule has 0 fully saturated rings. The maximum absolute atomic E-state index is 4.10. The summed E-state index contributed by atoms with van der Waals surface area (Å²) in [6.07, 6.45) is 5.81. The molecule has 0 aromatic heterocycles. The minimum Gasteiger partial charge on any atom is -0.224 e. The van der Waals surface area contributed by atoms with Crippen molar-refractivity contribution < 1.29 is 0 Å². The molecule has 0 bridgehead atoms. The maximum Gasteiger partial charge on any atom is 0.199 e. The fourth-order valence-electron chi connectivity index (χ4n) is 1.41. The molecule has 13 heavy (non-hydrogen) atoms. The molecule has 2 nitrogen and oxygen atoms in total. The zero-order chi connectivity index (χ0) is 9.31. The van der Waals surface area contributed by atoms with E-state index >= 15 is 0 Å². The Morgan fingerprint density at radius 2 is 1.85 bits per heavy atom. The van der Waals surface area contributed by atoms with Gasteiger partial charge in [-0.1, -0.05) is 17.7 Å². The van der Waals surface area contributed by atoms with Gasteiger partial charge in [0.25, 0.3) is 0 Å². The average molecular weight is 173 g/mol. The molecule has 0 spiro atoms. The van der Waals surface area contributed by atoms with Crippen molar-refractivity contribution in [3.8, 4) is 0 Å². The lowest BCUT2D eigenvalue weighted by Crippen LogP contribution is -2.35. The number of aryl methyl sites for hydroxylation is 1. The summed E-state index contributed by atoms with van der Waals surface area (Å²) in [5, 5.41) is 0. The second-order valence-electron chi connectivity index (χ2n) is 3.55. The molecule has 1 aromatic carbocycles. The molecule has 0 saturated carbocycles. The maximum atomic E-state index is 4.10. The lowest BCUT2D eigenvalue weighted by molar-refractivity contribution is 0.684.